The summed E-state index contributed by atoms with van der Waals surface area (Å²) in [6.45, 7) is 2.35. The van der Waals surface area contributed by atoms with Gasteiger partial charge in [0.15, 0.2) is 5.82 Å². The van der Waals surface area contributed by atoms with E-state index in [9.17, 15) is 4.79 Å². The van der Waals surface area contributed by atoms with Crippen LogP contribution in [0.1, 0.15) is 30.4 Å². The molecule has 0 spiro atoms. The van der Waals surface area contributed by atoms with Gasteiger partial charge in [-0.2, -0.15) is 0 Å². The van der Waals surface area contributed by atoms with Crippen molar-refractivity contribution in [2.75, 3.05) is 27.7 Å². The molecular formula is C17H26N6O2. The van der Waals surface area contributed by atoms with E-state index >= 15 is 0 Å². The number of benzene rings is 1. The number of rotatable bonds is 7. The first-order valence-electron chi connectivity index (χ1n) is 8.11. The van der Waals surface area contributed by atoms with Gasteiger partial charge in [-0.25, -0.2) is 4.79 Å². The third-order valence-electron chi connectivity index (χ3n) is 4.06. The second-order valence-corrected chi connectivity index (χ2v) is 6.13. The lowest BCUT2D eigenvalue weighted by atomic mass is 10.1. The lowest BCUT2D eigenvalue weighted by Gasteiger charge is -2.25. The van der Waals surface area contributed by atoms with Crippen LogP contribution in [0.4, 0.5) is 4.79 Å². The molecule has 25 heavy (non-hydrogen) atoms. The van der Waals surface area contributed by atoms with Crippen LogP contribution in [-0.4, -0.2) is 53.4 Å². The van der Waals surface area contributed by atoms with Crippen LogP contribution in [0, 0.1) is 0 Å². The zero-order valence-electron chi connectivity index (χ0n) is 15.4. The molecule has 0 fully saturated rings. The molecule has 0 aliphatic carbocycles. The van der Waals surface area contributed by atoms with Gasteiger partial charge >= 0.3 is 6.03 Å². The van der Waals surface area contributed by atoms with E-state index in [2.05, 4.69) is 25.7 Å². The van der Waals surface area contributed by atoms with Gasteiger partial charge in [0.05, 0.1) is 19.2 Å². The molecule has 0 unspecified atom stereocenters. The predicted molar refractivity (Wildman–Crippen MR) is 95.4 cm³/mol. The summed E-state index contributed by atoms with van der Waals surface area (Å²) in [4.78, 5) is 14.3. The van der Waals surface area contributed by atoms with E-state index in [1.165, 1.54) is 0 Å². The Bertz CT molecular complexity index is 683. The Morgan fingerprint density at radius 3 is 2.52 bits per heavy atom. The zero-order valence-corrected chi connectivity index (χ0v) is 15.4. The Labute approximate surface area is 148 Å². The van der Waals surface area contributed by atoms with Crippen LogP contribution >= 0.6 is 0 Å². The number of carbonyl (C=O) groups excluding carboxylic acids is 1. The van der Waals surface area contributed by atoms with E-state index in [0.29, 0.717) is 12.4 Å². The number of likely N-dealkylation sites (N-methyl/N-ethyl adjacent to an activating group) is 1. The molecule has 0 aliphatic heterocycles. The minimum Gasteiger partial charge on any atom is -0.497 e. The topological polar surface area (TPSA) is 84.3 Å². The Kier molecular flexibility index (Phi) is 6.35. The van der Waals surface area contributed by atoms with Gasteiger partial charge in [0.2, 0.25) is 0 Å². The number of nitrogens with zero attached hydrogens (tertiary/aromatic N) is 4. The fraction of sp³-hybridized carbons (Fsp3) is 0.471. The van der Waals surface area contributed by atoms with Crippen LogP contribution in [0.5, 0.6) is 5.75 Å². The molecule has 2 atom stereocenters. The number of amides is 2. The lowest BCUT2D eigenvalue weighted by Crippen LogP contribution is -2.41. The van der Waals surface area contributed by atoms with Crippen molar-refractivity contribution in [1.29, 1.82) is 0 Å². The Hall–Kier alpha value is -2.61. The summed E-state index contributed by atoms with van der Waals surface area (Å²) in [5, 5.41) is 13.6. The van der Waals surface area contributed by atoms with Gasteiger partial charge in [-0.3, -0.25) is 0 Å². The molecule has 1 aromatic carbocycles. The van der Waals surface area contributed by atoms with Crippen LogP contribution in [0.25, 0.3) is 0 Å². The van der Waals surface area contributed by atoms with Crippen LogP contribution in [0.3, 0.4) is 0 Å². The quantitative estimate of drug-likeness (QED) is 0.793. The molecule has 2 N–H and O–H groups in total. The maximum atomic E-state index is 12.2. The van der Waals surface area contributed by atoms with E-state index in [0.717, 1.165) is 11.3 Å². The summed E-state index contributed by atoms with van der Waals surface area (Å²) < 4.78 is 6.97. The Balaban J connectivity index is 1.93. The van der Waals surface area contributed by atoms with E-state index in [4.69, 9.17) is 4.74 Å². The molecular weight excluding hydrogens is 320 g/mol. The van der Waals surface area contributed by atoms with Crippen LogP contribution < -0.4 is 15.4 Å². The van der Waals surface area contributed by atoms with E-state index in [1.807, 2.05) is 52.3 Å². The maximum Gasteiger partial charge on any atom is 0.315 e. The number of aromatic nitrogens is 3. The third-order valence-corrected chi connectivity index (χ3v) is 4.06. The molecule has 0 radical (unpaired) electrons. The molecule has 2 aromatic rings. The van der Waals surface area contributed by atoms with Crippen molar-refractivity contribution < 1.29 is 9.53 Å². The smallest absolute Gasteiger partial charge is 0.315 e. The fourth-order valence-corrected chi connectivity index (χ4v) is 2.61. The summed E-state index contributed by atoms with van der Waals surface area (Å²) in [6.07, 6.45) is 1.61. The number of urea groups is 1. The van der Waals surface area contributed by atoms with Gasteiger partial charge in [-0.05, 0) is 38.7 Å². The standard InChI is InChI=1S/C17H26N6O2/c1-12(16-21-19-11-23(16)4)20-17(24)18-10-15(22(2)3)13-6-8-14(25-5)9-7-13/h6-9,11-12,15H,10H2,1-5H3,(H2,18,20,24)/t12-,15-/m0/s1. The second-order valence-electron chi connectivity index (χ2n) is 6.13. The minimum absolute atomic E-state index is 0.0572. The molecule has 2 amide bonds. The van der Waals surface area contributed by atoms with Crippen molar-refractivity contribution in [2.45, 2.75) is 19.0 Å². The molecule has 0 saturated carbocycles. The Morgan fingerprint density at radius 1 is 1.32 bits per heavy atom. The molecule has 8 nitrogen and oxygen atoms in total. The molecule has 1 heterocycles. The number of ether oxygens (including phenoxy) is 1. The number of methoxy groups -OCH3 is 1. The minimum atomic E-state index is -0.240. The van der Waals surface area contributed by atoms with Crippen LogP contribution in [0.2, 0.25) is 0 Å². The van der Waals surface area contributed by atoms with Crippen molar-refractivity contribution in [3.05, 3.63) is 42.0 Å². The van der Waals surface area contributed by atoms with E-state index in [1.54, 1.807) is 18.0 Å². The third kappa shape index (κ3) is 4.93. The SMILES string of the molecule is COc1ccc([C@H](CNC(=O)N[C@@H](C)c2nncn2C)N(C)C)cc1. The first-order valence-corrected chi connectivity index (χ1v) is 8.11. The summed E-state index contributed by atoms with van der Waals surface area (Å²) >= 11 is 0. The largest absolute Gasteiger partial charge is 0.497 e. The van der Waals surface area contributed by atoms with Crippen molar-refractivity contribution >= 4 is 6.03 Å². The van der Waals surface area contributed by atoms with Crippen molar-refractivity contribution in [1.82, 2.24) is 30.3 Å². The Morgan fingerprint density at radius 2 is 2.00 bits per heavy atom. The fourth-order valence-electron chi connectivity index (χ4n) is 2.61. The lowest BCUT2D eigenvalue weighted by molar-refractivity contribution is 0.229. The van der Waals surface area contributed by atoms with Gasteiger partial charge in [0.1, 0.15) is 12.1 Å². The summed E-state index contributed by atoms with van der Waals surface area (Å²) in [6, 6.07) is 7.43. The van der Waals surface area contributed by atoms with Gasteiger partial charge < -0.3 is 24.8 Å². The average Bonchev–Trinajstić information content (AvgIpc) is 3.01. The van der Waals surface area contributed by atoms with Crippen LogP contribution in [-0.2, 0) is 7.05 Å². The number of aryl methyl sites for hydroxylation is 1. The van der Waals surface area contributed by atoms with Crippen molar-refractivity contribution in [3.8, 4) is 5.75 Å². The van der Waals surface area contributed by atoms with Gasteiger partial charge in [0, 0.05) is 13.6 Å². The van der Waals surface area contributed by atoms with Crippen molar-refractivity contribution in [3.63, 3.8) is 0 Å². The number of carbonyl (C=O) groups is 1. The summed E-state index contributed by atoms with van der Waals surface area (Å²) in [5.74, 6) is 1.51. The molecule has 8 heteroatoms. The van der Waals surface area contributed by atoms with Gasteiger partial charge in [-0.15, -0.1) is 10.2 Å². The molecule has 0 bridgehead atoms. The first kappa shape index (κ1) is 18.7. The van der Waals surface area contributed by atoms with Crippen LogP contribution in [0.15, 0.2) is 30.6 Å². The van der Waals surface area contributed by atoms with Gasteiger partial charge in [-0.1, -0.05) is 12.1 Å². The second kappa shape index (κ2) is 8.48. The molecule has 136 valence electrons. The maximum absolute atomic E-state index is 12.2. The van der Waals surface area contributed by atoms with E-state index < -0.39 is 0 Å². The molecule has 0 aliphatic rings. The summed E-state index contributed by atoms with van der Waals surface area (Å²) in [5.41, 5.74) is 1.10. The highest BCUT2D eigenvalue weighted by molar-refractivity contribution is 5.74. The zero-order chi connectivity index (χ0) is 18.4. The monoisotopic (exact) mass is 346 g/mol. The number of hydrogen-bond acceptors (Lipinski definition) is 5. The average molecular weight is 346 g/mol. The highest BCUT2D eigenvalue weighted by atomic mass is 16.5. The van der Waals surface area contributed by atoms with Gasteiger partial charge in [0.25, 0.3) is 0 Å². The van der Waals surface area contributed by atoms with Crippen molar-refractivity contribution in [2.24, 2.45) is 7.05 Å². The molecule has 0 saturated heterocycles. The normalized spacial score (nSPS) is 13.4. The highest BCUT2D eigenvalue weighted by Gasteiger charge is 2.18. The van der Waals surface area contributed by atoms with E-state index in [-0.39, 0.29) is 18.1 Å². The first-order chi connectivity index (χ1) is 11.9. The summed E-state index contributed by atoms with van der Waals surface area (Å²) in [7, 11) is 7.45. The predicted octanol–water partition coefficient (Wildman–Crippen LogP) is 1.49. The molecule has 2 rings (SSSR count). The highest BCUT2D eigenvalue weighted by Crippen LogP contribution is 2.20. The number of hydrogen-bond donors (Lipinski definition) is 2. The number of nitrogens with one attached hydrogen (secondary N) is 2. The molecule has 1 aromatic heterocycles.